The van der Waals surface area contributed by atoms with Gasteiger partial charge in [-0.2, -0.15) is 13.2 Å². The Morgan fingerprint density at radius 3 is 2.50 bits per heavy atom. The summed E-state index contributed by atoms with van der Waals surface area (Å²) in [6.45, 7) is 2.51. The summed E-state index contributed by atoms with van der Waals surface area (Å²) in [5.41, 5.74) is 2.25. The molecule has 0 atom stereocenters. The Balaban J connectivity index is 1.58. The predicted octanol–water partition coefficient (Wildman–Crippen LogP) is 5.38. The lowest BCUT2D eigenvalue weighted by atomic mass is 9.93. The molecule has 0 aliphatic heterocycles. The Hall–Kier alpha value is -3.38. The van der Waals surface area contributed by atoms with Crippen molar-refractivity contribution in [2.75, 3.05) is 30.0 Å². The fourth-order valence-corrected chi connectivity index (χ4v) is 4.99. The maximum absolute atomic E-state index is 13.9. The molecule has 0 radical (unpaired) electrons. The topological polar surface area (TPSA) is 96.5 Å². The number of sulfonamides is 1. The standard InChI is InChI=1S/C28H34F3N5O3S/c1-18-8-10-20(25(14-18)36(2)40(4,37)38)11-13-23-22(28(29,30)31)17-33-27(34-23)35-24-12-9-19(15-26(24)39-3)16-32-21-6-5-7-21/h8-10,12,14-15,17,21,32H,5-7,11,13,16H2,1-4H3,(H,33,34,35). The van der Waals surface area contributed by atoms with Crippen LogP contribution < -0.4 is 19.7 Å². The zero-order valence-corrected chi connectivity index (χ0v) is 23.8. The molecule has 216 valence electrons. The molecule has 0 saturated heterocycles. The van der Waals surface area contributed by atoms with Crippen LogP contribution in [0.5, 0.6) is 5.75 Å². The first-order valence-electron chi connectivity index (χ1n) is 13.0. The van der Waals surface area contributed by atoms with E-state index in [0.717, 1.165) is 27.9 Å². The molecule has 2 aromatic carbocycles. The smallest absolute Gasteiger partial charge is 0.419 e. The third kappa shape index (κ3) is 7.22. The highest BCUT2D eigenvalue weighted by atomic mass is 32.2. The summed E-state index contributed by atoms with van der Waals surface area (Å²) in [5, 5.41) is 6.48. The minimum absolute atomic E-state index is 0.000901. The Kier molecular flexibility index (Phi) is 8.89. The quantitative estimate of drug-likeness (QED) is 0.316. The first-order valence-corrected chi connectivity index (χ1v) is 14.8. The fraction of sp³-hybridized carbons (Fsp3) is 0.429. The van der Waals surface area contributed by atoms with Gasteiger partial charge in [-0.05, 0) is 67.5 Å². The van der Waals surface area contributed by atoms with Gasteiger partial charge in [-0.1, -0.05) is 24.6 Å². The van der Waals surface area contributed by atoms with Gasteiger partial charge >= 0.3 is 6.18 Å². The molecule has 3 aromatic rings. The molecule has 0 amide bonds. The molecule has 1 aliphatic rings. The number of ether oxygens (including phenoxy) is 1. The molecule has 0 bridgehead atoms. The molecule has 12 heteroatoms. The van der Waals surface area contributed by atoms with Gasteiger partial charge in [0.15, 0.2) is 0 Å². The van der Waals surface area contributed by atoms with Gasteiger partial charge in [-0.25, -0.2) is 18.4 Å². The molecular weight excluding hydrogens is 543 g/mol. The van der Waals surface area contributed by atoms with Crippen molar-refractivity contribution in [1.82, 2.24) is 15.3 Å². The van der Waals surface area contributed by atoms with Gasteiger partial charge in [0.1, 0.15) is 5.75 Å². The van der Waals surface area contributed by atoms with Crippen molar-refractivity contribution < 1.29 is 26.3 Å². The largest absolute Gasteiger partial charge is 0.495 e. The Bertz CT molecular complexity index is 1460. The van der Waals surface area contributed by atoms with E-state index >= 15 is 0 Å². The number of nitrogens with one attached hydrogen (secondary N) is 2. The molecule has 0 unspecified atom stereocenters. The summed E-state index contributed by atoms with van der Waals surface area (Å²) in [6, 6.07) is 11.3. The van der Waals surface area contributed by atoms with Crippen molar-refractivity contribution in [3.63, 3.8) is 0 Å². The van der Waals surface area contributed by atoms with Gasteiger partial charge in [-0.15, -0.1) is 0 Å². The van der Waals surface area contributed by atoms with Gasteiger partial charge in [0.2, 0.25) is 16.0 Å². The van der Waals surface area contributed by atoms with Crippen LogP contribution in [-0.2, 0) is 35.6 Å². The number of benzene rings is 2. The van der Waals surface area contributed by atoms with E-state index in [-0.39, 0.29) is 24.5 Å². The molecule has 0 spiro atoms. The van der Waals surface area contributed by atoms with Crippen LogP contribution in [0.2, 0.25) is 0 Å². The zero-order valence-electron chi connectivity index (χ0n) is 23.0. The molecular formula is C28H34F3N5O3S. The average molecular weight is 578 g/mol. The first kappa shape index (κ1) is 29.6. The van der Waals surface area contributed by atoms with E-state index in [9.17, 15) is 21.6 Å². The Morgan fingerprint density at radius 2 is 1.88 bits per heavy atom. The number of anilines is 3. The number of aryl methyl sites for hydroxylation is 3. The number of hydrogen-bond donors (Lipinski definition) is 2. The SMILES string of the molecule is COc1cc(CNC2CCC2)ccc1Nc1ncc(C(F)(F)F)c(CCc2ccc(C)cc2N(C)S(C)(=O)=O)n1. The van der Waals surface area contributed by atoms with Gasteiger partial charge in [0.05, 0.1) is 36.0 Å². The number of nitrogens with zero attached hydrogens (tertiary/aromatic N) is 3. The van der Waals surface area contributed by atoms with Gasteiger partial charge in [0.25, 0.3) is 0 Å². The summed E-state index contributed by atoms with van der Waals surface area (Å²) in [6.07, 6.45) is 0.836. The Labute approximate surface area is 233 Å². The van der Waals surface area contributed by atoms with Crippen molar-refractivity contribution >= 4 is 27.3 Å². The summed E-state index contributed by atoms with van der Waals surface area (Å²) in [5.74, 6) is 0.519. The molecule has 2 N–H and O–H groups in total. The van der Waals surface area contributed by atoms with Crippen LogP contribution in [0.4, 0.5) is 30.5 Å². The predicted molar refractivity (Wildman–Crippen MR) is 150 cm³/mol. The summed E-state index contributed by atoms with van der Waals surface area (Å²) < 4.78 is 72.5. The zero-order chi connectivity index (χ0) is 29.1. The van der Waals surface area contributed by atoms with E-state index in [2.05, 4.69) is 20.6 Å². The van der Waals surface area contributed by atoms with Crippen LogP contribution in [0.1, 0.15) is 47.2 Å². The highest BCUT2D eigenvalue weighted by Gasteiger charge is 2.35. The summed E-state index contributed by atoms with van der Waals surface area (Å²) >= 11 is 0. The summed E-state index contributed by atoms with van der Waals surface area (Å²) in [7, 11) is -0.622. The van der Waals surface area contributed by atoms with Crippen LogP contribution in [-0.4, -0.2) is 44.8 Å². The normalized spacial score (nSPS) is 14.1. The first-order chi connectivity index (χ1) is 18.8. The van der Waals surface area contributed by atoms with Crippen LogP contribution in [0.3, 0.4) is 0 Å². The number of aromatic nitrogens is 2. The van der Waals surface area contributed by atoms with Crippen LogP contribution in [0.25, 0.3) is 0 Å². The molecule has 1 heterocycles. The van der Waals surface area contributed by atoms with Crippen molar-refractivity contribution in [1.29, 1.82) is 0 Å². The molecule has 40 heavy (non-hydrogen) atoms. The number of hydrogen-bond acceptors (Lipinski definition) is 7. The number of halogens is 3. The minimum atomic E-state index is -4.65. The second-order valence-corrected chi connectivity index (χ2v) is 12.1. The lowest BCUT2D eigenvalue weighted by Gasteiger charge is -2.26. The van der Waals surface area contributed by atoms with E-state index < -0.39 is 21.8 Å². The highest BCUT2D eigenvalue weighted by Crippen LogP contribution is 2.34. The van der Waals surface area contributed by atoms with Crippen LogP contribution in [0, 0.1) is 6.92 Å². The highest BCUT2D eigenvalue weighted by molar-refractivity contribution is 7.92. The molecule has 1 saturated carbocycles. The van der Waals surface area contributed by atoms with Gasteiger partial charge in [0, 0.05) is 25.8 Å². The summed E-state index contributed by atoms with van der Waals surface area (Å²) in [4.78, 5) is 8.15. The molecule has 1 aliphatic carbocycles. The second kappa shape index (κ2) is 12.0. The number of rotatable bonds is 11. The van der Waals surface area contributed by atoms with E-state index in [1.807, 2.05) is 19.1 Å². The van der Waals surface area contributed by atoms with E-state index in [1.54, 1.807) is 24.3 Å². The average Bonchev–Trinajstić information content (AvgIpc) is 2.86. The maximum atomic E-state index is 13.9. The van der Waals surface area contributed by atoms with E-state index in [0.29, 0.717) is 35.3 Å². The number of alkyl halides is 3. The van der Waals surface area contributed by atoms with Gasteiger partial charge < -0.3 is 15.4 Å². The second-order valence-electron chi connectivity index (χ2n) is 10.1. The van der Waals surface area contributed by atoms with Crippen molar-refractivity contribution in [3.05, 3.63) is 70.5 Å². The van der Waals surface area contributed by atoms with E-state index in [1.165, 1.54) is 33.4 Å². The Morgan fingerprint density at radius 1 is 1.12 bits per heavy atom. The van der Waals surface area contributed by atoms with E-state index in [4.69, 9.17) is 4.74 Å². The van der Waals surface area contributed by atoms with Gasteiger partial charge in [-0.3, -0.25) is 4.31 Å². The molecule has 1 aromatic heterocycles. The fourth-order valence-electron chi connectivity index (χ4n) is 4.46. The maximum Gasteiger partial charge on any atom is 0.419 e. The third-order valence-electron chi connectivity index (χ3n) is 7.09. The molecule has 1 fully saturated rings. The van der Waals surface area contributed by atoms with Crippen molar-refractivity contribution in [3.8, 4) is 5.75 Å². The molecule has 8 nitrogen and oxygen atoms in total. The molecule has 4 rings (SSSR count). The monoisotopic (exact) mass is 577 g/mol. The number of methoxy groups -OCH3 is 1. The van der Waals surface area contributed by atoms with Crippen LogP contribution in [0.15, 0.2) is 42.6 Å². The van der Waals surface area contributed by atoms with Crippen molar-refractivity contribution in [2.45, 2.75) is 57.8 Å². The van der Waals surface area contributed by atoms with Crippen LogP contribution >= 0.6 is 0 Å². The lowest BCUT2D eigenvalue weighted by molar-refractivity contribution is -0.138. The van der Waals surface area contributed by atoms with Crippen molar-refractivity contribution in [2.24, 2.45) is 0 Å². The lowest BCUT2D eigenvalue weighted by Crippen LogP contribution is -2.34. The third-order valence-corrected chi connectivity index (χ3v) is 8.29. The minimum Gasteiger partial charge on any atom is -0.495 e.